The van der Waals surface area contributed by atoms with E-state index >= 15 is 0 Å². The second-order valence-corrected chi connectivity index (χ2v) is 6.01. The molecule has 0 spiro atoms. The van der Waals surface area contributed by atoms with E-state index in [1.165, 1.54) is 24.1 Å². The Kier molecular flexibility index (Phi) is 3.68. The minimum Gasteiger partial charge on any atom is -0.311 e. The van der Waals surface area contributed by atoms with Crippen LogP contribution in [-0.2, 0) is 0 Å². The smallest absolute Gasteiger partial charge is 0.166 e. The number of carbonyl (C=O) groups excluding carboxylic acids is 1. The van der Waals surface area contributed by atoms with Gasteiger partial charge in [-0.3, -0.25) is 4.79 Å². The van der Waals surface area contributed by atoms with E-state index in [9.17, 15) is 9.18 Å². The zero-order valence-corrected chi connectivity index (χ0v) is 12.0. The van der Waals surface area contributed by atoms with Crippen LogP contribution in [0.4, 0.5) is 10.1 Å². The maximum atomic E-state index is 13.4. The number of benzene rings is 2. The molecule has 0 unspecified atom stereocenters. The number of nitrogens with zero attached hydrogens (tertiary/aromatic N) is 1. The second-order valence-electron chi connectivity index (χ2n) is 4.48. The van der Waals surface area contributed by atoms with Gasteiger partial charge in [0.1, 0.15) is 5.82 Å². The van der Waals surface area contributed by atoms with Gasteiger partial charge in [-0.25, -0.2) is 4.39 Å². The van der Waals surface area contributed by atoms with Crippen LogP contribution in [-0.4, -0.2) is 12.3 Å². The summed E-state index contributed by atoms with van der Waals surface area (Å²) in [5, 5.41) is 0.676. The third-order valence-electron chi connectivity index (χ3n) is 3.10. The van der Waals surface area contributed by atoms with Crippen LogP contribution >= 0.6 is 23.5 Å². The van der Waals surface area contributed by atoms with Crippen molar-refractivity contribution in [3.05, 3.63) is 58.9 Å². The number of carbonyl (C=O) groups is 1. The van der Waals surface area contributed by atoms with Gasteiger partial charge >= 0.3 is 0 Å². The molecule has 0 radical (unpaired) electrons. The monoisotopic (exact) mass is 307 g/mol. The number of anilines is 1. The topological polar surface area (TPSA) is 20.3 Å². The molecule has 0 amide bonds. The molecule has 3 rings (SSSR count). The van der Waals surface area contributed by atoms with Crippen LogP contribution in [0.2, 0.25) is 5.02 Å². The van der Waals surface area contributed by atoms with E-state index in [2.05, 4.69) is 0 Å². The predicted molar refractivity (Wildman–Crippen MR) is 80.0 cm³/mol. The molecule has 2 aromatic carbocycles. The fraction of sp³-hybridized carbons (Fsp3) is 0.133. The van der Waals surface area contributed by atoms with Crippen molar-refractivity contribution in [3.63, 3.8) is 0 Å². The van der Waals surface area contributed by atoms with Gasteiger partial charge in [0.15, 0.2) is 5.78 Å². The van der Waals surface area contributed by atoms with Gasteiger partial charge in [-0.15, -0.1) is 0 Å². The molecule has 1 aliphatic rings. The summed E-state index contributed by atoms with van der Waals surface area (Å²) < 4.78 is 15.4. The molecule has 20 heavy (non-hydrogen) atoms. The van der Waals surface area contributed by atoms with Crippen LogP contribution in [0.1, 0.15) is 16.8 Å². The summed E-state index contributed by atoms with van der Waals surface area (Å²) in [7, 11) is 0. The van der Waals surface area contributed by atoms with Crippen molar-refractivity contribution in [2.75, 3.05) is 10.8 Å². The Morgan fingerprint density at radius 2 is 1.90 bits per heavy atom. The minimum atomic E-state index is -0.333. The first-order chi connectivity index (χ1) is 9.63. The van der Waals surface area contributed by atoms with Gasteiger partial charge in [-0.1, -0.05) is 11.6 Å². The summed E-state index contributed by atoms with van der Waals surface area (Å²) in [5.41, 5.74) is 1.22. The molecule has 2 aromatic rings. The van der Waals surface area contributed by atoms with Gasteiger partial charge in [-0.05, 0) is 54.4 Å². The van der Waals surface area contributed by atoms with E-state index in [0.29, 0.717) is 29.2 Å². The van der Waals surface area contributed by atoms with E-state index in [1.54, 1.807) is 6.07 Å². The summed E-state index contributed by atoms with van der Waals surface area (Å²) >= 11 is 7.34. The number of halogens is 2. The standard InChI is InChI=1S/C15H11ClFNOS/c16-10-1-4-12(5-2-10)20-18-8-7-15(19)13-6-3-11(17)9-14(13)18/h1-6,9H,7-8H2. The number of rotatable bonds is 2. The SMILES string of the molecule is O=C1CCN(Sc2ccc(Cl)cc2)c2cc(F)ccc21. The molecule has 1 heterocycles. The van der Waals surface area contributed by atoms with Gasteiger partial charge in [0.05, 0.1) is 5.69 Å². The number of hydrogen-bond donors (Lipinski definition) is 0. The van der Waals surface area contributed by atoms with Crippen molar-refractivity contribution >= 4 is 35.0 Å². The first-order valence-corrected chi connectivity index (χ1v) is 7.32. The summed E-state index contributed by atoms with van der Waals surface area (Å²) in [6.45, 7) is 0.572. The quantitative estimate of drug-likeness (QED) is 0.758. The highest BCUT2D eigenvalue weighted by Crippen LogP contribution is 2.36. The molecule has 0 fully saturated rings. The summed E-state index contributed by atoms with van der Waals surface area (Å²) in [6, 6.07) is 11.7. The van der Waals surface area contributed by atoms with E-state index in [0.717, 1.165) is 4.90 Å². The average molecular weight is 308 g/mol. The van der Waals surface area contributed by atoms with Crippen LogP contribution in [0.3, 0.4) is 0 Å². The van der Waals surface area contributed by atoms with Crippen LogP contribution in [0.5, 0.6) is 0 Å². The highest BCUT2D eigenvalue weighted by molar-refractivity contribution is 8.00. The van der Waals surface area contributed by atoms with Crippen molar-refractivity contribution in [1.82, 2.24) is 0 Å². The van der Waals surface area contributed by atoms with Crippen LogP contribution in [0.15, 0.2) is 47.4 Å². The Morgan fingerprint density at radius 3 is 2.65 bits per heavy atom. The van der Waals surface area contributed by atoms with Gasteiger partial charge in [-0.2, -0.15) is 0 Å². The third-order valence-corrected chi connectivity index (χ3v) is 4.43. The normalized spacial score (nSPS) is 14.3. The van der Waals surface area contributed by atoms with Crippen molar-refractivity contribution in [2.24, 2.45) is 0 Å². The van der Waals surface area contributed by atoms with E-state index in [-0.39, 0.29) is 11.6 Å². The Balaban J connectivity index is 1.92. The lowest BCUT2D eigenvalue weighted by Gasteiger charge is -2.29. The van der Waals surface area contributed by atoms with E-state index in [1.807, 2.05) is 28.6 Å². The lowest BCUT2D eigenvalue weighted by Crippen LogP contribution is -2.26. The van der Waals surface area contributed by atoms with Gasteiger partial charge in [0, 0.05) is 28.4 Å². The zero-order valence-electron chi connectivity index (χ0n) is 10.5. The van der Waals surface area contributed by atoms with Crippen molar-refractivity contribution < 1.29 is 9.18 Å². The molecule has 0 saturated heterocycles. The molecule has 0 bridgehead atoms. The minimum absolute atomic E-state index is 0.0629. The highest BCUT2D eigenvalue weighted by atomic mass is 35.5. The largest absolute Gasteiger partial charge is 0.311 e. The van der Waals surface area contributed by atoms with Crippen molar-refractivity contribution in [3.8, 4) is 0 Å². The lowest BCUT2D eigenvalue weighted by molar-refractivity contribution is 0.0982. The number of Topliss-reactive ketones (excluding diaryl/α,β-unsaturated/α-hetero) is 1. The van der Waals surface area contributed by atoms with E-state index in [4.69, 9.17) is 11.6 Å². The summed E-state index contributed by atoms with van der Waals surface area (Å²) in [5.74, 6) is -0.270. The van der Waals surface area contributed by atoms with Crippen molar-refractivity contribution in [1.29, 1.82) is 0 Å². The molecule has 102 valence electrons. The molecule has 0 atom stereocenters. The maximum Gasteiger partial charge on any atom is 0.166 e. The van der Waals surface area contributed by atoms with Gasteiger partial charge in [0.25, 0.3) is 0 Å². The van der Waals surface area contributed by atoms with Crippen LogP contribution < -0.4 is 4.31 Å². The Bertz CT molecular complexity index is 659. The fourth-order valence-electron chi connectivity index (χ4n) is 2.12. The predicted octanol–water partition coefficient (Wildman–Crippen LogP) is 4.58. The van der Waals surface area contributed by atoms with Crippen LogP contribution in [0.25, 0.3) is 0 Å². The lowest BCUT2D eigenvalue weighted by atomic mass is 10.0. The molecule has 0 aromatic heterocycles. The number of ketones is 1. The molecule has 0 aliphatic carbocycles. The molecular formula is C15H11ClFNOS. The van der Waals surface area contributed by atoms with E-state index < -0.39 is 0 Å². The molecule has 2 nitrogen and oxygen atoms in total. The first kappa shape index (κ1) is 13.5. The maximum absolute atomic E-state index is 13.4. The number of fused-ring (bicyclic) bond motifs is 1. The molecular weight excluding hydrogens is 297 g/mol. The van der Waals surface area contributed by atoms with Gasteiger partial charge < -0.3 is 4.31 Å². The summed E-state index contributed by atoms with van der Waals surface area (Å²) in [4.78, 5) is 12.9. The van der Waals surface area contributed by atoms with Gasteiger partial charge in [0.2, 0.25) is 0 Å². The van der Waals surface area contributed by atoms with Crippen molar-refractivity contribution in [2.45, 2.75) is 11.3 Å². The Hall–Kier alpha value is -1.52. The fourth-order valence-corrected chi connectivity index (χ4v) is 3.19. The molecule has 0 N–H and O–H groups in total. The summed E-state index contributed by atoms with van der Waals surface area (Å²) in [6.07, 6.45) is 0.444. The highest BCUT2D eigenvalue weighted by Gasteiger charge is 2.24. The number of hydrogen-bond acceptors (Lipinski definition) is 3. The Morgan fingerprint density at radius 1 is 1.15 bits per heavy atom. The molecule has 0 saturated carbocycles. The zero-order chi connectivity index (χ0) is 14.1. The third kappa shape index (κ3) is 2.67. The molecule has 1 aliphatic heterocycles. The van der Waals surface area contributed by atoms with Crippen LogP contribution in [0, 0.1) is 5.82 Å². The average Bonchev–Trinajstić information content (AvgIpc) is 2.44. The first-order valence-electron chi connectivity index (χ1n) is 6.17. The second kappa shape index (κ2) is 5.46. The molecule has 5 heteroatoms. The Labute approximate surface area is 125 Å².